The first-order valence-corrected chi connectivity index (χ1v) is 11.1. The zero-order valence-corrected chi connectivity index (χ0v) is 18.4. The highest BCUT2D eigenvalue weighted by Crippen LogP contribution is 2.44. The van der Waals surface area contributed by atoms with Gasteiger partial charge in [-0.15, -0.1) is 11.3 Å². The first kappa shape index (κ1) is 21.6. The van der Waals surface area contributed by atoms with E-state index in [1.165, 1.54) is 16.0 Å². The fourth-order valence-electron chi connectivity index (χ4n) is 3.97. The van der Waals surface area contributed by atoms with Crippen LogP contribution in [-0.2, 0) is 25.2 Å². The summed E-state index contributed by atoms with van der Waals surface area (Å²) in [5.74, 6) is 0.847. The van der Waals surface area contributed by atoms with Gasteiger partial charge in [-0.1, -0.05) is 50.2 Å². The van der Waals surface area contributed by atoms with Crippen molar-refractivity contribution in [1.29, 1.82) is 0 Å². The number of nitrogens with two attached hydrogens (primary N) is 1. The van der Waals surface area contributed by atoms with Crippen LogP contribution in [-0.4, -0.2) is 5.11 Å². The maximum Gasteiger partial charge on any atom is 0.124 e. The summed E-state index contributed by atoms with van der Waals surface area (Å²) in [6.07, 6.45) is 1.98. The molecule has 0 aliphatic rings. The Morgan fingerprint density at radius 2 is 1.76 bits per heavy atom. The predicted octanol–water partition coefficient (Wildman–Crippen LogP) is 5.69. The number of aliphatic hydroxyl groups is 1. The Bertz CT molecular complexity index is 929. The van der Waals surface area contributed by atoms with Gasteiger partial charge in [0.25, 0.3) is 0 Å². The third-order valence-corrected chi connectivity index (χ3v) is 7.34. The highest BCUT2D eigenvalue weighted by molar-refractivity contribution is 7.12. The molecule has 154 valence electrons. The molecule has 0 fully saturated rings. The molecule has 1 aromatic heterocycles. The van der Waals surface area contributed by atoms with E-state index >= 15 is 0 Å². The highest BCUT2D eigenvalue weighted by atomic mass is 32.1. The molecule has 3 aromatic rings. The van der Waals surface area contributed by atoms with Crippen LogP contribution in [0, 0.1) is 6.92 Å². The first-order chi connectivity index (χ1) is 14.1. The van der Waals surface area contributed by atoms with Crippen molar-refractivity contribution in [1.82, 2.24) is 0 Å². The molecule has 0 saturated heterocycles. The number of aliphatic hydroxyl groups excluding tert-OH is 1. The molecule has 0 unspecified atom stereocenters. The monoisotopic (exact) mass is 409 g/mol. The summed E-state index contributed by atoms with van der Waals surface area (Å²) in [4.78, 5) is 2.36. The van der Waals surface area contributed by atoms with Gasteiger partial charge in [-0.05, 0) is 54.7 Å². The molecule has 3 rings (SSSR count). The summed E-state index contributed by atoms with van der Waals surface area (Å²) in [6, 6.07) is 18.9. The molecular weight excluding hydrogens is 378 g/mol. The zero-order valence-electron chi connectivity index (χ0n) is 17.6. The van der Waals surface area contributed by atoms with Gasteiger partial charge in [0.05, 0.1) is 6.61 Å². The van der Waals surface area contributed by atoms with E-state index in [0.717, 1.165) is 34.6 Å². The first-order valence-electron chi connectivity index (χ1n) is 10.3. The molecule has 0 saturated carbocycles. The molecule has 1 heterocycles. The van der Waals surface area contributed by atoms with E-state index in [4.69, 9.17) is 10.5 Å². The van der Waals surface area contributed by atoms with E-state index in [9.17, 15) is 5.11 Å². The van der Waals surface area contributed by atoms with E-state index in [1.807, 2.05) is 18.2 Å². The number of hydrogen-bond donors (Lipinski definition) is 2. The average molecular weight is 410 g/mol. The fourth-order valence-corrected chi connectivity index (χ4v) is 5.36. The third kappa shape index (κ3) is 4.40. The summed E-state index contributed by atoms with van der Waals surface area (Å²) in [7, 11) is 0. The molecule has 3 nitrogen and oxygen atoms in total. The molecular formula is C25H31NO2S. The van der Waals surface area contributed by atoms with Crippen molar-refractivity contribution in [2.45, 2.75) is 58.8 Å². The molecule has 0 amide bonds. The van der Waals surface area contributed by atoms with E-state index < -0.39 is 0 Å². The summed E-state index contributed by atoms with van der Waals surface area (Å²) in [6.45, 7) is 7.61. The van der Waals surface area contributed by atoms with Crippen LogP contribution in [0.25, 0.3) is 0 Å². The van der Waals surface area contributed by atoms with Crippen LogP contribution in [0.5, 0.6) is 5.75 Å². The van der Waals surface area contributed by atoms with Gasteiger partial charge in [-0.2, -0.15) is 0 Å². The summed E-state index contributed by atoms with van der Waals surface area (Å²) in [5, 5.41) is 9.66. The lowest BCUT2D eigenvalue weighted by molar-refractivity contribution is 0.285. The molecule has 0 atom stereocenters. The Kier molecular flexibility index (Phi) is 7.12. The SMILES string of the molecule is CCC(CC)(c1ccc(OCc2ccccc2)c(CN)c1)c1cc(C)c(CO)s1. The van der Waals surface area contributed by atoms with Gasteiger partial charge < -0.3 is 15.6 Å². The van der Waals surface area contributed by atoms with Crippen molar-refractivity contribution in [3.63, 3.8) is 0 Å². The number of rotatable bonds is 9. The number of benzene rings is 2. The molecule has 4 heteroatoms. The van der Waals surface area contributed by atoms with Gasteiger partial charge in [0.2, 0.25) is 0 Å². The Labute approximate surface area is 178 Å². The van der Waals surface area contributed by atoms with Crippen LogP contribution in [0.4, 0.5) is 0 Å². The Balaban J connectivity index is 1.95. The number of hydrogen-bond acceptors (Lipinski definition) is 4. The molecule has 0 aliphatic carbocycles. The van der Waals surface area contributed by atoms with Crippen molar-refractivity contribution in [3.8, 4) is 5.75 Å². The van der Waals surface area contributed by atoms with Crippen LogP contribution in [0.3, 0.4) is 0 Å². The smallest absolute Gasteiger partial charge is 0.124 e. The van der Waals surface area contributed by atoms with Crippen molar-refractivity contribution in [2.75, 3.05) is 0 Å². The van der Waals surface area contributed by atoms with E-state index in [1.54, 1.807) is 11.3 Å². The van der Waals surface area contributed by atoms with E-state index in [2.05, 4.69) is 57.2 Å². The maximum absolute atomic E-state index is 9.66. The van der Waals surface area contributed by atoms with Crippen LogP contribution < -0.4 is 10.5 Å². The lowest BCUT2D eigenvalue weighted by atomic mass is 9.74. The van der Waals surface area contributed by atoms with Gasteiger partial charge in [0, 0.05) is 27.3 Å². The van der Waals surface area contributed by atoms with Crippen LogP contribution in [0.1, 0.15) is 58.7 Å². The lowest BCUT2D eigenvalue weighted by Crippen LogP contribution is -2.25. The number of ether oxygens (including phenoxy) is 1. The quantitative estimate of drug-likeness (QED) is 0.477. The molecule has 29 heavy (non-hydrogen) atoms. The van der Waals surface area contributed by atoms with Gasteiger partial charge in [-0.3, -0.25) is 0 Å². The van der Waals surface area contributed by atoms with Crippen LogP contribution in [0.2, 0.25) is 0 Å². The van der Waals surface area contributed by atoms with Gasteiger partial charge >= 0.3 is 0 Å². The predicted molar refractivity (Wildman–Crippen MR) is 121 cm³/mol. The van der Waals surface area contributed by atoms with Crippen molar-refractivity contribution in [2.24, 2.45) is 5.73 Å². The summed E-state index contributed by atoms with van der Waals surface area (Å²) in [5.41, 5.74) is 10.6. The van der Waals surface area contributed by atoms with E-state index in [-0.39, 0.29) is 12.0 Å². The van der Waals surface area contributed by atoms with Crippen molar-refractivity contribution in [3.05, 3.63) is 86.6 Å². The Morgan fingerprint density at radius 3 is 2.34 bits per heavy atom. The fraction of sp³-hybridized carbons (Fsp3) is 0.360. The molecule has 0 radical (unpaired) electrons. The van der Waals surface area contributed by atoms with Crippen molar-refractivity contribution >= 4 is 11.3 Å². The molecule has 2 aromatic carbocycles. The molecule has 0 aliphatic heterocycles. The maximum atomic E-state index is 9.66. The minimum absolute atomic E-state index is 0.0786. The lowest BCUT2D eigenvalue weighted by Gasteiger charge is -2.32. The summed E-state index contributed by atoms with van der Waals surface area (Å²) >= 11 is 1.72. The molecule has 3 N–H and O–H groups in total. The summed E-state index contributed by atoms with van der Waals surface area (Å²) < 4.78 is 6.08. The Morgan fingerprint density at radius 1 is 1.03 bits per heavy atom. The van der Waals surface area contributed by atoms with Gasteiger partial charge in [0.1, 0.15) is 12.4 Å². The standard InChI is InChI=1S/C25H31NO2S/c1-4-25(5-2,24-13-18(3)23(16-27)29-24)21-11-12-22(20(14-21)15-26)28-17-19-9-7-6-8-10-19/h6-14,27H,4-5,15-17,26H2,1-3H3. The number of thiophene rings is 1. The minimum atomic E-state index is -0.0786. The van der Waals surface area contributed by atoms with E-state index in [0.29, 0.717) is 13.2 Å². The second-order valence-electron chi connectivity index (χ2n) is 7.47. The second kappa shape index (κ2) is 9.57. The number of aryl methyl sites for hydroxylation is 1. The highest BCUT2D eigenvalue weighted by Gasteiger charge is 2.33. The van der Waals surface area contributed by atoms with Crippen molar-refractivity contribution < 1.29 is 9.84 Å². The topological polar surface area (TPSA) is 55.5 Å². The van der Waals surface area contributed by atoms with Gasteiger partial charge in [0.15, 0.2) is 0 Å². The largest absolute Gasteiger partial charge is 0.489 e. The third-order valence-electron chi connectivity index (χ3n) is 5.91. The van der Waals surface area contributed by atoms with Crippen LogP contribution in [0.15, 0.2) is 54.6 Å². The average Bonchev–Trinajstić information content (AvgIpc) is 3.15. The minimum Gasteiger partial charge on any atom is -0.489 e. The second-order valence-corrected chi connectivity index (χ2v) is 8.60. The molecule has 0 spiro atoms. The molecule has 0 bridgehead atoms. The Hall–Kier alpha value is -2.14. The normalized spacial score (nSPS) is 11.6. The zero-order chi connectivity index (χ0) is 20.9. The van der Waals surface area contributed by atoms with Crippen LogP contribution >= 0.6 is 11.3 Å². The van der Waals surface area contributed by atoms with Gasteiger partial charge in [-0.25, -0.2) is 0 Å².